The standard InChI is InChI=1S/C20H28N4O5S/c1-6-28-14-7-9-15(10-8-14)30(26,27)22-18-16-13-24(19(25)29-20(2,3)4)12-11-17(16)21-23(18)5/h7-10,22H,6,11-13H2,1-5H3. The van der Waals surface area contributed by atoms with E-state index in [2.05, 4.69) is 9.82 Å². The molecular formula is C20H28N4O5S. The van der Waals surface area contributed by atoms with E-state index in [4.69, 9.17) is 9.47 Å². The molecule has 9 nitrogen and oxygen atoms in total. The highest BCUT2D eigenvalue weighted by molar-refractivity contribution is 7.92. The molecule has 0 fully saturated rings. The number of nitrogens with zero attached hydrogens (tertiary/aromatic N) is 3. The summed E-state index contributed by atoms with van der Waals surface area (Å²) < 4.78 is 40.8. The van der Waals surface area contributed by atoms with Crippen molar-refractivity contribution >= 4 is 21.9 Å². The van der Waals surface area contributed by atoms with Crippen LogP contribution in [0.25, 0.3) is 0 Å². The van der Waals surface area contributed by atoms with Crippen molar-refractivity contribution in [2.45, 2.75) is 51.2 Å². The van der Waals surface area contributed by atoms with Crippen LogP contribution in [0.4, 0.5) is 10.6 Å². The van der Waals surface area contributed by atoms with E-state index in [0.29, 0.717) is 36.7 Å². The summed E-state index contributed by atoms with van der Waals surface area (Å²) >= 11 is 0. The summed E-state index contributed by atoms with van der Waals surface area (Å²) in [6.45, 7) is 8.46. The number of aromatic nitrogens is 2. The lowest BCUT2D eigenvalue weighted by molar-refractivity contribution is 0.0224. The Morgan fingerprint density at radius 1 is 1.23 bits per heavy atom. The zero-order valence-corrected chi connectivity index (χ0v) is 18.7. The number of anilines is 1. The van der Waals surface area contributed by atoms with Gasteiger partial charge in [0.1, 0.15) is 17.2 Å². The Kier molecular flexibility index (Phi) is 5.98. The van der Waals surface area contributed by atoms with Gasteiger partial charge in [0.25, 0.3) is 10.0 Å². The molecular weight excluding hydrogens is 408 g/mol. The average Bonchev–Trinajstić information content (AvgIpc) is 2.95. The van der Waals surface area contributed by atoms with E-state index >= 15 is 0 Å². The monoisotopic (exact) mass is 436 g/mol. The van der Waals surface area contributed by atoms with Gasteiger partial charge >= 0.3 is 6.09 Å². The molecule has 164 valence electrons. The van der Waals surface area contributed by atoms with E-state index in [9.17, 15) is 13.2 Å². The summed E-state index contributed by atoms with van der Waals surface area (Å²) in [5.74, 6) is 0.939. The zero-order chi connectivity index (χ0) is 22.1. The van der Waals surface area contributed by atoms with Gasteiger partial charge in [-0.3, -0.25) is 9.40 Å². The van der Waals surface area contributed by atoms with Crippen LogP contribution in [0.5, 0.6) is 5.75 Å². The number of amides is 1. The number of rotatable bonds is 5. The molecule has 1 aliphatic heterocycles. The van der Waals surface area contributed by atoms with Crippen molar-refractivity contribution < 1.29 is 22.7 Å². The maximum Gasteiger partial charge on any atom is 0.410 e. The molecule has 2 aromatic rings. The number of nitrogens with one attached hydrogen (secondary N) is 1. The molecule has 2 heterocycles. The van der Waals surface area contributed by atoms with Crippen LogP contribution in [0.15, 0.2) is 29.2 Å². The molecule has 1 aliphatic rings. The van der Waals surface area contributed by atoms with Gasteiger partial charge < -0.3 is 14.4 Å². The van der Waals surface area contributed by atoms with E-state index in [1.54, 1.807) is 44.9 Å². The maximum absolute atomic E-state index is 12.9. The predicted molar refractivity (Wildman–Crippen MR) is 112 cm³/mol. The Labute approximate surface area is 177 Å². The smallest absolute Gasteiger partial charge is 0.410 e. The average molecular weight is 437 g/mol. The molecule has 1 aromatic carbocycles. The van der Waals surface area contributed by atoms with Crippen LogP contribution >= 0.6 is 0 Å². The first kappa shape index (κ1) is 21.9. The van der Waals surface area contributed by atoms with Gasteiger partial charge in [-0.1, -0.05) is 0 Å². The van der Waals surface area contributed by atoms with E-state index < -0.39 is 21.7 Å². The third kappa shape index (κ3) is 4.86. The number of carbonyl (C=O) groups excluding carboxylic acids is 1. The van der Waals surface area contributed by atoms with E-state index in [0.717, 1.165) is 5.69 Å². The van der Waals surface area contributed by atoms with Crippen LogP contribution in [0.1, 0.15) is 39.0 Å². The minimum Gasteiger partial charge on any atom is -0.494 e. The molecule has 0 atom stereocenters. The number of ether oxygens (including phenoxy) is 2. The van der Waals surface area contributed by atoms with Crippen molar-refractivity contribution in [3.05, 3.63) is 35.5 Å². The van der Waals surface area contributed by atoms with Crippen molar-refractivity contribution in [2.75, 3.05) is 17.9 Å². The molecule has 3 rings (SSSR count). The van der Waals surface area contributed by atoms with Crippen molar-refractivity contribution in [1.82, 2.24) is 14.7 Å². The lowest BCUT2D eigenvalue weighted by Gasteiger charge is -2.29. The lowest BCUT2D eigenvalue weighted by Crippen LogP contribution is -2.40. The van der Waals surface area contributed by atoms with Crippen LogP contribution in [0.2, 0.25) is 0 Å². The number of hydrogen-bond donors (Lipinski definition) is 1. The second-order valence-corrected chi connectivity index (χ2v) is 9.74. The predicted octanol–water partition coefficient (Wildman–Crippen LogP) is 2.91. The summed E-state index contributed by atoms with van der Waals surface area (Å²) in [5, 5.41) is 4.43. The number of fused-ring (bicyclic) bond motifs is 1. The number of hydrogen-bond acceptors (Lipinski definition) is 6. The summed E-state index contributed by atoms with van der Waals surface area (Å²) in [4.78, 5) is 14.1. The van der Waals surface area contributed by atoms with Crippen molar-refractivity contribution in [3.8, 4) is 5.75 Å². The Morgan fingerprint density at radius 2 is 1.90 bits per heavy atom. The van der Waals surface area contributed by atoms with Crippen molar-refractivity contribution in [2.24, 2.45) is 7.05 Å². The summed E-state index contributed by atoms with van der Waals surface area (Å²) in [6, 6.07) is 6.20. The van der Waals surface area contributed by atoms with Gasteiger partial charge in [0.2, 0.25) is 0 Å². The Hall–Kier alpha value is -2.75. The van der Waals surface area contributed by atoms with Crippen LogP contribution in [-0.4, -0.2) is 47.9 Å². The fourth-order valence-corrected chi connectivity index (χ4v) is 4.30. The molecule has 30 heavy (non-hydrogen) atoms. The summed E-state index contributed by atoms with van der Waals surface area (Å²) in [6.07, 6.45) is 0.0880. The van der Waals surface area contributed by atoms with E-state index in [-0.39, 0.29) is 11.4 Å². The normalized spacial score (nSPS) is 14.2. The Morgan fingerprint density at radius 3 is 2.50 bits per heavy atom. The van der Waals surface area contributed by atoms with Gasteiger partial charge in [-0.15, -0.1) is 0 Å². The minimum absolute atomic E-state index is 0.112. The fraction of sp³-hybridized carbons (Fsp3) is 0.500. The maximum atomic E-state index is 12.9. The van der Waals surface area contributed by atoms with Gasteiger partial charge in [0.05, 0.1) is 23.7 Å². The number of benzene rings is 1. The third-order valence-electron chi connectivity index (χ3n) is 4.52. The molecule has 0 saturated carbocycles. The quantitative estimate of drug-likeness (QED) is 0.773. The Bertz CT molecular complexity index is 1020. The largest absolute Gasteiger partial charge is 0.494 e. The van der Waals surface area contributed by atoms with Crippen LogP contribution in [0, 0.1) is 0 Å². The van der Waals surface area contributed by atoms with Crippen LogP contribution in [-0.2, 0) is 34.8 Å². The van der Waals surface area contributed by atoms with Crippen LogP contribution in [0.3, 0.4) is 0 Å². The summed E-state index contributed by atoms with van der Waals surface area (Å²) in [7, 11) is -2.17. The highest BCUT2D eigenvalue weighted by Gasteiger charge is 2.31. The topological polar surface area (TPSA) is 103 Å². The van der Waals surface area contributed by atoms with Gasteiger partial charge in [0, 0.05) is 25.6 Å². The minimum atomic E-state index is -3.84. The van der Waals surface area contributed by atoms with Crippen molar-refractivity contribution in [3.63, 3.8) is 0 Å². The molecule has 1 N–H and O–H groups in total. The number of aryl methyl sites for hydroxylation is 1. The van der Waals surface area contributed by atoms with Gasteiger partial charge in [-0.05, 0) is 52.0 Å². The molecule has 0 radical (unpaired) electrons. The first-order chi connectivity index (χ1) is 14.0. The fourth-order valence-electron chi connectivity index (χ4n) is 3.18. The highest BCUT2D eigenvalue weighted by Crippen LogP contribution is 2.29. The molecule has 1 amide bonds. The third-order valence-corrected chi connectivity index (χ3v) is 5.88. The zero-order valence-electron chi connectivity index (χ0n) is 17.9. The molecule has 0 bridgehead atoms. The van der Waals surface area contributed by atoms with Gasteiger partial charge in [-0.2, -0.15) is 5.10 Å². The Balaban J connectivity index is 1.83. The molecule has 0 unspecified atom stereocenters. The van der Waals surface area contributed by atoms with Gasteiger partial charge in [0.15, 0.2) is 0 Å². The molecule has 0 aliphatic carbocycles. The molecule has 0 spiro atoms. The number of sulfonamides is 1. The number of carbonyl (C=O) groups is 1. The lowest BCUT2D eigenvalue weighted by atomic mass is 10.1. The second-order valence-electron chi connectivity index (χ2n) is 8.06. The highest BCUT2D eigenvalue weighted by atomic mass is 32.2. The van der Waals surface area contributed by atoms with E-state index in [1.807, 2.05) is 6.92 Å². The molecule has 10 heteroatoms. The van der Waals surface area contributed by atoms with E-state index in [1.165, 1.54) is 16.8 Å². The summed E-state index contributed by atoms with van der Waals surface area (Å²) in [5.41, 5.74) is 0.829. The first-order valence-corrected chi connectivity index (χ1v) is 11.3. The van der Waals surface area contributed by atoms with Crippen molar-refractivity contribution in [1.29, 1.82) is 0 Å². The molecule has 1 aromatic heterocycles. The molecule has 0 saturated heterocycles. The van der Waals surface area contributed by atoms with Crippen LogP contribution < -0.4 is 9.46 Å². The first-order valence-electron chi connectivity index (χ1n) is 9.78. The second kappa shape index (κ2) is 8.17. The van der Waals surface area contributed by atoms with Gasteiger partial charge in [-0.25, -0.2) is 13.2 Å². The SMILES string of the molecule is CCOc1ccc(S(=O)(=O)Nc2c3c(nn2C)CCN(C(=O)OC(C)(C)C)C3)cc1.